The minimum Gasteiger partial charge on any atom is -0.478 e. The van der Waals surface area contributed by atoms with E-state index < -0.39 is 0 Å². The molecule has 1 fully saturated rings. The number of hydrogen-bond donors (Lipinski definition) is 2. The van der Waals surface area contributed by atoms with E-state index in [9.17, 15) is 5.11 Å². The Labute approximate surface area is 114 Å². The Balaban J connectivity index is 1.97. The van der Waals surface area contributed by atoms with Crippen LogP contribution in [0.3, 0.4) is 0 Å². The molecule has 1 aromatic rings. The maximum atomic E-state index is 9.40. The van der Waals surface area contributed by atoms with Crippen molar-refractivity contribution >= 4 is 5.95 Å². The van der Waals surface area contributed by atoms with Crippen molar-refractivity contribution < 1.29 is 9.84 Å². The molecule has 19 heavy (non-hydrogen) atoms. The highest BCUT2D eigenvalue weighted by Crippen LogP contribution is 2.26. The fraction of sp³-hybridized carbons (Fsp3) is 0.714. The molecule has 0 amide bonds. The molecule has 2 rings (SSSR count). The summed E-state index contributed by atoms with van der Waals surface area (Å²) in [5.74, 6) is 1.51. The van der Waals surface area contributed by atoms with Gasteiger partial charge >= 0.3 is 0 Å². The molecule has 2 atom stereocenters. The predicted molar refractivity (Wildman–Crippen MR) is 74.3 cm³/mol. The fourth-order valence-corrected chi connectivity index (χ4v) is 2.48. The van der Waals surface area contributed by atoms with Gasteiger partial charge in [-0.15, -0.1) is 0 Å². The molecular formula is C14H23N3O2. The Bertz CT molecular complexity index is 387. The van der Waals surface area contributed by atoms with Crippen LogP contribution in [0, 0.1) is 5.92 Å². The third-order valence-corrected chi connectivity index (χ3v) is 3.54. The monoisotopic (exact) mass is 265 g/mol. The van der Waals surface area contributed by atoms with E-state index in [1.807, 2.05) is 0 Å². The van der Waals surface area contributed by atoms with Crippen molar-refractivity contribution in [3.05, 3.63) is 12.3 Å². The first-order valence-electron chi connectivity index (χ1n) is 7.16. The Morgan fingerprint density at radius 2 is 2.26 bits per heavy atom. The van der Waals surface area contributed by atoms with Crippen LogP contribution >= 0.6 is 0 Å². The van der Waals surface area contributed by atoms with Gasteiger partial charge in [-0.25, -0.2) is 4.98 Å². The van der Waals surface area contributed by atoms with Gasteiger partial charge in [-0.1, -0.05) is 19.8 Å². The molecule has 5 nitrogen and oxygen atoms in total. The highest BCUT2D eigenvalue weighted by atomic mass is 16.5. The standard InChI is InChI=1S/C14H23N3O2/c1-2-9-19-13-7-8-15-14(17-13)16-12-6-4-3-5-11(12)10-18/h7-8,11-12,18H,2-6,9-10H2,1H3,(H,15,16,17). The van der Waals surface area contributed by atoms with Gasteiger partial charge in [0.15, 0.2) is 0 Å². The number of hydrogen-bond acceptors (Lipinski definition) is 5. The van der Waals surface area contributed by atoms with Crippen LogP contribution in [0.25, 0.3) is 0 Å². The molecule has 0 aromatic carbocycles. The summed E-state index contributed by atoms with van der Waals surface area (Å²) >= 11 is 0. The maximum absolute atomic E-state index is 9.40. The summed E-state index contributed by atoms with van der Waals surface area (Å²) < 4.78 is 5.50. The number of aliphatic hydroxyl groups is 1. The van der Waals surface area contributed by atoms with Gasteiger partial charge in [0.1, 0.15) is 0 Å². The van der Waals surface area contributed by atoms with Crippen LogP contribution < -0.4 is 10.1 Å². The van der Waals surface area contributed by atoms with Crippen LogP contribution in [-0.4, -0.2) is 34.3 Å². The summed E-state index contributed by atoms with van der Waals surface area (Å²) in [4.78, 5) is 8.57. The molecule has 1 saturated carbocycles. The average molecular weight is 265 g/mol. The number of nitrogens with zero attached hydrogens (tertiary/aromatic N) is 2. The zero-order valence-electron chi connectivity index (χ0n) is 11.5. The third-order valence-electron chi connectivity index (χ3n) is 3.54. The third kappa shape index (κ3) is 4.06. The summed E-state index contributed by atoms with van der Waals surface area (Å²) in [6.07, 6.45) is 7.19. The first-order chi connectivity index (χ1) is 9.33. The second-order valence-electron chi connectivity index (χ2n) is 5.04. The lowest BCUT2D eigenvalue weighted by atomic mass is 9.85. The van der Waals surface area contributed by atoms with E-state index in [0.29, 0.717) is 24.4 Å². The van der Waals surface area contributed by atoms with Crippen molar-refractivity contribution in [1.29, 1.82) is 0 Å². The molecule has 0 radical (unpaired) electrons. The van der Waals surface area contributed by atoms with Gasteiger partial charge in [0.25, 0.3) is 0 Å². The number of aromatic nitrogens is 2. The Morgan fingerprint density at radius 1 is 1.42 bits per heavy atom. The first-order valence-corrected chi connectivity index (χ1v) is 7.16. The zero-order valence-corrected chi connectivity index (χ0v) is 11.5. The van der Waals surface area contributed by atoms with E-state index in [1.54, 1.807) is 12.3 Å². The van der Waals surface area contributed by atoms with Crippen LogP contribution in [0.5, 0.6) is 5.88 Å². The number of anilines is 1. The molecule has 1 aliphatic rings. The Hall–Kier alpha value is -1.36. The highest BCUT2D eigenvalue weighted by molar-refractivity contribution is 5.29. The van der Waals surface area contributed by atoms with E-state index >= 15 is 0 Å². The molecule has 2 unspecified atom stereocenters. The molecule has 0 saturated heterocycles. The SMILES string of the molecule is CCCOc1ccnc(NC2CCCCC2CO)n1. The summed E-state index contributed by atoms with van der Waals surface area (Å²) in [7, 11) is 0. The molecule has 5 heteroatoms. The quantitative estimate of drug-likeness (QED) is 0.825. The molecular weight excluding hydrogens is 242 g/mol. The van der Waals surface area contributed by atoms with Gasteiger partial charge in [-0.05, 0) is 19.3 Å². The lowest BCUT2D eigenvalue weighted by molar-refractivity contribution is 0.178. The first kappa shape index (κ1) is 14.1. The van der Waals surface area contributed by atoms with Crippen molar-refractivity contribution in [2.24, 2.45) is 5.92 Å². The fourth-order valence-electron chi connectivity index (χ4n) is 2.48. The molecule has 0 spiro atoms. The van der Waals surface area contributed by atoms with E-state index in [0.717, 1.165) is 19.3 Å². The second-order valence-corrected chi connectivity index (χ2v) is 5.04. The van der Waals surface area contributed by atoms with Gasteiger partial charge in [-0.3, -0.25) is 0 Å². The van der Waals surface area contributed by atoms with Crippen molar-refractivity contribution in [1.82, 2.24) is 9.97 Å². The predicted octanol–water partition coefficient (Wildman–Crippen LogP) is 2.23. The van der Waals surface area contributed by atoms with Crippen LogP contribution in [0.15, 0.2) is 12.3 Å². The van der Waals surface area contributed by atoms with Crippen molar-refractivity contribution in [3.8, 4) is 5.88 Å². The smallest absolute Gasteiger partial charge is 0.226 e. The summed E-state index contributed by atoms with van der Waals surface area (Å²) in [6.45, 7) is 2.96. The van der Waals surface area contributed by atoms with Crippen LogP contribution in [0.1, 0.15) is 39.0 Å². The lowest BCUT2D eigenvalue weighted by Crippen LogP contribution is -2.34. The molecule has 1 heterocycles. The number of nitrogens with one attached hydrogen (secondary N) is 1. The zero-order chi connectivity index (χ0) is 13.5. The van der Waals surface area contributed by atoms with Gasteiger partial charge in [0.05, 0.1) is 6.61 Å². The maximum Gasteiger partial charge on any atom is 0.226 e. The van der Waals surface area contributed by atoms with Gasteiger partial charge < -0.3 is 15.2 Å². The normalized spacial score (nSPS) is 23.1. The molecule has 0 aliphatic heterocycles. The molecule has 0 bridgehead atoms. The van der Waals surface area contributed by atoms with Crippen molar-refractivity contribution in [2.75, 3.05) is 18.5 Å². The average Bonchev–Trinajstić information content (AvgIpc) is 2.46. The van der Waals surface area contributed by atoms with E-state index in [1.165, 1.54) is 12.8 Å². The number of rotatable bonds is 6. The van der Waals surface area contributed by atoms with Crippen LogP contribution in [-0.2, 0) is 0 Å². The van der Waals surface area contributed by atoms with Crippen molar-refractivity contribution in [3.63, 3.8) is 0 Å². The minimum atomic E-state index is 0.226. The summed E-state index contributed by atoms with van der Waals surface area (Å²) in [5, 5.41) is 12.7. The topological polar surface area (TPSA) is 67.3 Å². The largest absolute Gasteiger partial charge is 0.478 e. The Morgan fingerprint density at radius 3 is 3.05 bits per heavy atom. The summed E-state index contributed by atoms with van der Waals surface area (Å²) in [5.41, 5.74) is 0. The van der Waals surface area contributed by atoms with Crippen molar-refractivity contribution in [2.45, 2.75) is 45.1 Å². The Kier molecular flexibility index (Phi) is 5.39. The van der Waals surface area contributed by atoms with Crippen LogP contribution in [0.4, 0.5) is 5.95 Å². The summed E-state index contributed by atoms with van der Waals surface area (Å²) in [6, 6.07) is 2.03. The molecule has 106 valence electrons. The molecule has 2 N–H and O–H groups in total. The van der Waals surface area contributed by atoms with Gasteiger partial charge in [-0.2, -0.15) is 4.98 Å². The van der Waals surface area contributed by atoms with Gasteiger partial charge in [0.2, 0.25) is 11.8 Å². The second kappa shape index (κ2) is 7.28. The number of ether oxygens (including phenoxy) is 1. The minimum absolute atomic E-state index is 0.226. The van der Waals surface area contributed by atoms with E-state index in [2.05, 4.69) is 22.2 Å². The lowest BCUT2D eigenvalue weighted by Gasteiger charge is -2.30. The highest BCUT2D eigenvalue weighted by Gasteiger charge is 2.24. The van der Waals surface area contributed by atoms with E-state index in [4.69, 9.17) is 4.74 Å². The van der Waals surface area contributed by atoms with E-state index in [-0.39, 0.29) is 12.6 Å². The van der Waals surface area contributed by atoms with Crippen LogP contribution in [0.2, 0.25) is 0 Å². The molecule has 1 aliphatic carbocycles. The molecule has 1 aromatic heterocycles. The van der Waals surface area contributed by atoms with Gasteiger partial charge in [0, 0.05) is 30.8 Å². The number of aliphatic hydroxyl groups excluding tert-OH is 1.